The summed E-state index contributed by atoms with van der Waals surface area (Å²) in [6.45, 7) is 11.3. The van der Waals surface area contributed by atoms with Crippen molar-refractivity contribution < 1.29 is 9.47 Å². The van der Waals surface area contributed by atoms with Gasteiger partial charge in [-0.25, -0.2) is 0 Å². The molecular weight excluding hydrogens is 202 g/mol. The van der Waals surface area contributed by atoms with Crippen LogP contribution in [0.4, 0.5) is 0 Å². The van der Waals surface area contributed by atoms with Gasteiger partial charge < -0.3 is 14.8 Å². The zero-order chi connectivity index (χ0) is 12.0. The van der Waals surface area contributed by atoms with Gasteiger partial charge >= 0.3 is 0 Å². The van der Waals surface area contributed by atoms with Crippen molar-refractivity contribution in [1.82, 2.24) is 5.32 Å². The summed E-state index contributed by atoms with van der Waals surface area (Å²) in [5, 5.41) is 3.59. The molecule has 1 saturated heterocycles. The minimum absolute atomic E-state index is 0.309. The zero-order valence-electron chi connectivity index (χ0n) is 11.2. The molecule has 0 aliphatic carbocycles. The average Bonchev–Trinajstić information content (AvgIpc) is 2.65. The van der Waals surface area contributed by atoms with Crippen molar-refractivity contribution in [1.29, 1.82) is 0 Å². The molecule has 0 amide bonds. The molecule has 3 heteroatoms. The summed E-state index contributed by atoms with van der Waals surface area (Å²) in [6, 6.07) is 0.444. The molecule has 0 saturated carbocycles. The van der Waals surface area contributed by atoms with Crippen LogP contribution >= 0.6 is 0 Å². The van der Waals surface area contributed by atoms with Gasteiger partial charge in [-0.05, 0) is 40.2 Å². The molecule has 1 rings (SSSR count). The smallest absolute Gasteiger partial charge is 0.0626 e. The lowest BCUT2D eigenvalue weighted by Gasteiger charge is -2.27. The Kier molecular flexibility index (Phi) is 6.32. The quantitative estimate of drug-likeness (QED) is 0.726. The van der Waals surface area contributed by atoms with Crippen molar-refractivity contribution in [3.8, 4) is 0 Å². The Hall–Kier alpha value is -0.120. The van der Waals surface area contributed by atoms with Gasteiger partial charge in [-0.3, -0.25) is 0 Å². The molecule has 96 valence electrons. The van der Waals surface area contributed by atoms with Crippen LogP contribution < -0.4 is 5.32 Å². The molecule has 1 aliphatic rings. The van der Waals surface area contributed by atoms with Crippen molar-refractivity contribution in [3.05, 3.63) is 0 Å². The van der Waals surface area contributed by atoms with E-state index in [1.807, 2.05) is 0 Å². The summed E-state index contributed by atoms with van der Waals surface area (Å²) in [5.41, 5.74) is 0. The normalized spacial score (nSPS) is 27.6. The second kappa shape index (κ2) is 7.25. The van der Waals surface area contributed by atoms with Crippen LogP contribution in [-0.2, 0) is 9.47 Å². The van der Waals surface area contributed by atoms with E-state index < -0.39 is 0 Å². The maximum atomic E-state index is 5.74. The van der Waals surface area contributed by atoms with Gasteiger partial charge in [-0.2, -0.15) is 0 Å². The fraction of sp³-hybridized carbons (Fsp3) is 1.00. The highest BCUT2D eigenvalue weighted by molar-refractivity contribution is 4.84. The lowest BCUT2D eigenvalue weighted by atomic mass is 9.94. The molecule has 0 aromatic heterocycles. The molecule has 0 aromatic rings. The first kappa shape index (κ1) is 13.9. The molecule has 1 aliphatic heterocycles. The van der Waals surface area contributed by atoms with Crippen molar-refractivity contribution in [2.45, 2.75) is 58.8 Å². The van der Waals surface area contributed by atoms with E-state index in [-0.39, 0.29) is 0 Å². The van der Waals surface area contributed by atoms with Gasteiger partial charge in [-0.15, -0.1) is 0 Å². The van der Waals surface area contributed by atoms with Crippen LogP contribution in [0.1, 0.15) is 40.5 Å². The second-order valence-corrected chi connectivity index (χ2v) is 4.97. The number of hydrogen-bond donors (Lipinski definition) is 1. The Labute approximate surface area is 99.9 Å². The maximum absolute atomic E-state index is 5.74. The molecule has 1 fully saturated rings. The van der Waals surface area contributed by atoms with Crippen LogP contribution in [0.25, 0.3) is 0 Å². The van der Waals surface area contributed by atoms with Crippen molar-refractivity contribution in [2.75, 3.05) is 19.8 Å². The SMILES string of the molecule is CCCNC(COC(C)C)C1CCOC1C. The standard InChI is InChI=1S/C13H27NO2/c1-5-7-14-13(9-16-10(2)3)12-6-8-15-11(12)4/h10-14H,5-9H2,1-4H3. The molecule has 0 aromatic carbocycles. The van der Waals surface area contributed by atoms with Gasteiger partial charge in [-0.1, -0.05) is 6.92 Å². The minimum atomic E-state index is 0.309. The Morgan fingerprint density at radius 1 is 1.44 bits per heavy atom. The predicted octanol–water partition coefficient (Wildman–Crippen LogP) is 2.20. The molecule has 0 bridgehead atoms. The predicted molar refractivity (Wildman–Crippen MR) is 66.7 cm³/mol. The first-order valence-electron chi connectivity index (χ1n) is 6.61. The Bertz CT molecular complexity index is 185. The molecular formula is C13H27NO2. The largest absolute Gasteiger partial charge is 0.378 e. The summed E-state index contributed by atoms with van der Waals surface area (Å²) in [4.78, 5) is 0. The van der Waals surface area contributed by atoms with E-state index in [2.05, 4.69) is 33.0 Å². The highest BCUT2D eigenvalue weighted by Gasteiger charge is 2.31. The fourth-order valence-corrected chi connectivity index (χ4v) is 2.24. The van der Waals surface area contributed by atoms with Crippen LogP contribution in [0.5, 0.6) is 0 Å². The molecule has 3 unspecified atom stereocenters. The third kappa shape index (κ3) is 4.40. The summed E-state index contributed by atoms with van der Waals surface area (Å²) >= 11 is 0. The van der Waals surface area contributed by atoms with Crippen LogP contribution in [0.15, 0.2) is 0 Å². The average molecular weight is 229 g/mol. The number of nitrogens with one attached hydrogen (secondary N) is 1. The van der Waals surface area contributed by atoms with E-state index in [0.29, 0.717) is 24.2 Å². The van der Waals surface area contributed by atoms with Crippen LogP contribution in [0, 0.1) is 5.92 Å². The van der Waals surface area contributed by atoms with Crippen molar-refractivity contribution in [2.24, 2.45) is 5.92 Å². The highest BCUT2D eigenvalue weighted by atomic mass is 16.5. The minimum Gasteiger partial charge on any atom is -0.378 e. The van der Waals surface area contributed by atoms with Crippen molar-refractivity contribution >= 4 is 0 Å². The number of hydrogen-bond acceptors (Lipinski definition) is 3. The van der Waals surface area contributed by atoms with E-state index in [9.17, 15) is 0 Å². The second-order valence-electron chi connectivity index (χ2n) is 4.97. The molecule has 1 heterocycles. The third-order valence-electron chi connectivity index (χ3n) is 3.22. The van der Waals surface area contributed by atoms with E-state index in [0.717, 1.165) is 26.2 Å². The van der Waals surface area contributed by atoms with Crippen LogP contribution in [-0.4, -0.2) is 38.0 Å². The Morgan fingerprint density at radius 3 is 2.69 bits per heavy atom. The fourth-order valence-electron chi connectivity index (χ4n) is 2.24. The van der Waals surface area contributed by atoms with Gasteiger partial charge in [0.25, 0.3) is 0 Å². The number of rotatable bonds is 7. The van der Waals surface area contributed by atoms with E-state index in [1.54, 1.807) is 0 Å². The van der Waals surface area contributed by atoms with Gasteiger partial charge in [0.1, 0.15) is 0 Å². The molecule has 0 spiro atoms. The molecule has 3 atom stereocenters. The molecule has 3 nitrogen and oxygen atoms in total. The van der Waals surface area contributed by atoms with Crippen molar-refractivity contribution in [3.63, 3.8) is 0 Å². The van der Waals surface area contributed by atoms with E-state index in [1.165, 1.54) is 6.42 Å². The summed E-state index contributed by atoms with van der Waals surface area (Å²) in [7, 11) is 0. The first-order chi connectivity index (χ1) is 7.65. The first-order valence-corrected chi connectivity index (χ1v) is 6.61. The van der Waals surface area contributed by atoms with Crippen LogP contribution in [0.2, 0.25) is 0 Å². The van der Waals surface area contributed by atoms with Gasteiger partial charge in [0, 0.05) is 18.6 Å². The van der Waals surface area contributed by atoms with Crippen LogP contribution in [0.3, 0.4) is 0 Å². The maximum Gasteiger partial charge on any atom is 0.0626 e. The van der Waals surface area contributed by atoms with Gasteiger partial charge in [0.05, 0.1) is 18.8 Å². The summed E-state index contributed by atoms with van der Waals surface area (Å²) in [5.74, 6) is 0.602. The molecule has 1 N–H and O–H groups in total. The van der Waals surface area contributed by atoms with E-state index >= 15 is 0 Å². The topological polar surface area (TPSA) is 30.5 Å². The van der Waals surface area contributed by atoms with Gasteiger partial charge in [0.15, 0.2) is 0 Å². The zero-order valence-corrected chi connectivity index (χ0v) is 11.2. The third-order valence-corrected chi connectivity index (χ3v) is 3.22. The summed E-state index contributed by atoms with van der Waals surface area (Å²) < 4.78 is 11.4. The molecule has 16 heavy (non-hydrogen) atoms. The Morgan fingerprint density at radius 2 is 2.19 bits per heavy atom. The lowest BCUT2D eigenvalue weighted by molar-refractivity contribution is 0.0318. The highest BCUT2D eigenvalue weighted by Crippen LogP contribution is 2.24. The molecule has 0 radical (unpaired) electrons. The van der Waals surface area contributed by atoms with E-state index in [4.69, 9.17) is 9.47 Å². The van der Waals surface area contributed by atoms with Gasteiger partial charge in [0.2, 0.25) is 0 Å². The summed E-state index contributed by atoms with van der Waals surface area (Å²) in [6.07, 6.45) is 3.00. The Balaban J connectivity index is 2.41. The number of ether oxygens (including phenoxy) is 2. The lowest BCUT2D eigenvalue weighted by Crippen LogP contribution is -2.43. The monoisotopic (exact) mass is 229 g/mol.